The summed E-state index contributed by atoms with van der Waals surface area (Å²) in [6.45, 7) is 1.89. The molecule has 0 aliphatic heterocycles. The predicted octanol–water partition coefficient (Wildman–Crippen LogP) is 4.00. The summed E-state index contributed by atoms with van der Waals surface area (Å²) >= 11 is 3.41. The number of hydrogen-bond acceptors (Lipinski definition) is 3. The molecule has 0 atom stereocenters. The van der Waals surface area contributed by atoms with Gasteiger partial charge in [0.25, 0.3) is 0 Å². The summed E-state index contributed by atoms with van der Waals surface area (Å²) in [5.41, 5.74) is 8.94. The molecule has 0 aromatic heterocycles. The molecule has 1 amide bonds. The van der Waals surface area contributed by atoms with Crippen LogP contribution in [-0.4, -0.2) is 13.0 Å². The molecule has 22 heavy (non-hydrogen) atoms. The Bertz CT molecular complexity index is 686. The van der Waals surface area contributed by atoms with Crippen LogP contribution in [0.2, 0.25) is 0 Å². The van der Waals surface area contributed by atoms with E-state index in [2.05, 4.69) is 21.2 Å². The van der Waals surface area contributed by atoms with Crippen LogP contribution in [0.3, 0.4) is 0 Å². The van der Waals surface area contributed by atoms with Crippen molar-refractivity contribution in [3.05, 3.63) is 58.1 Å². The lowest BCUT2D eigenvalue weighted by Crippen LogP contribution is -2.10. The first-order chi connectivity index (χ1) is 10.5. The third-order valence-corrected chi connectivity index (χ3v) is 3.73. The highest BCUT2D eigenvalue weighted by Crippen LogP contribution is 2.29. The number of carbonyl (C=O) groups is 1. The van der Waals surface area contributed by atoms with Crippen LogP contribution in [0.15, 0.2) is 46.9 Å². The van der Waals surface area contributed by atoms with Crippen molar-refractivity contribution < 1.29 is 9.53 Å². The second-order valence-corrected chi connectivity index (χ2v) is 5.64. The highest BCUT2D eigenvalue weighted by molar-refractivity contribution is 9.10. The summed E-state index contributed by atoms with van der Waals surface area (Å²) in [4.78, 5) is 12.0. The topological polar surface area (TPSA) is 64.3 Å². The lowest BCUT2D eigenvalue weighted by molar-refractivity contribution is -0.111. The fraction of sp³-hybridized carbons (Fsp3) is 0.118. The first-order valence-electron chi connectivity index (χ1n) is 6.68. The monoisotopic (exact) mass is 360 g/mol. The molecule has 0 heterocycles. The van der Waals surface area contributed by atoms with Crippen molar-refractivity contribution in [2.24, 2.45) is 0 Å². The van der Waals surface area contributed by atoms with Crippen molar-refractivity contribution in [3.63, 3.8) is 0 Å². The minimum absolute atomic E-state index is 0.204. The molecular weight excluding hydrogens is 344 g/mol. The van der Waals surface area contributed by atoms with E-state index in [1.54, 1.807) is 19.3 Å². The Labute approximate surface area is 138 Å². The number of nitrogen functional groups attached to an aromatic ring is 1. The number of halogens is 1. The van der Waals surface area contributed by atoms with Crippen molar-refractivity contribution in [2.45, 2.75) is 6.92 Å². The van der Waals surface area contributed by atoms with Gasteiger partial charge in [-0.15, -0.1) is 0 Å². The SMILES string of the molecule is COc1ccc(/C=C/C(=O)Nc2c(C)cc(N)cc2Br)cc1. The number of carbonyl (C=O) groups excluding carboxylic acids is 1. The summed E-state index contributed by atoms with van der Waals surface area (Å²) in [6, 6.07) is 11.0. The molecule has 0 saturated carbocycles. The van der Waals surface area contributed by atoms with Gasteiger partial charge in [-0.2, -0.15) is 0 Å². The third kappa shape index (κ3) is 4.11. The number of hydrogen-bond donors (Lipinski definition) is 2. The van der Waals surface area contributed by atoms with Crippen LogP contribution >= 0.6 is 15.9 Å². The van der Waals surface area contributed by atoms with Gasteiger partial charge in [-0.1, -0.05) is 12.1 Å². The van der Waals surface area contributed by atoms with Gasteiger partial charge < -0.3 is 15.8 Å². The van der Waals surface area contributed by atoms with Gasteiger partial charge in [-0.25, -0.2) is 0 Å². The molecule has 5 heteroatoms. The van der Waals surface area contributed by atoms with E-state index in [0.717, 1.165) is 27.0 Å². The zero-order valence-corrected chi connectivity index (χ0v) is 14.0. The van der Waals surface area contributed by atoms with Crippen molar-refractivity contribution >= 4 is 39.3 Å². The minimum Gasteiger partial charge on any atom is -0.497 e. The Morgan fingerprint density at radius 3 is 2.55 bits per heavy atom. The van der Waals surface area contributed by atoms with Gasteiger partial charge >= 0.3 is 0 Å². The minimum atomic E-state index is -0.204. The van der Waals surface area contributed by atoms with Crippen LogP contribution < -0.4 is 15.8 Å². The Kier molecular flexibility index (Phi) is 5.22. The molecule has 4 nitrogen and oxygen atoms in total. The maximum Gasteiger partial charge on any atom is 0.248 e. The van der Waals surface area contributed by atoms with Gasteiger partial charge in [0.2, 0.25) is 5.91 Å². The zero-order valence-electron chi connectivity index (χ0n) is 12.4. The highest BCUT2D eigenvalue weighted by atomic mass is 79.9. The molecular formula is C17H17BrN2O2. The number of ether oxygens (including phenoxy) is 1. The molecule has 2 aromatic rings. The second kappa shape index (κ2) is 7.13. The molecule has 114 valence electrons. The van der Waals surface area contributed by atoms with E-state index in [-0.39, 0.29) is 5.91 Å². The van der Waals surface area contributed by atoms with Crippen molar-refractivity contribution in [2.75, 3.05) is 18.2 Å². The molecule has 0 aliphatic rings. The Hall–Kier alpha value is -2.27. The number of methoxy groups -OCH3 is 1. The number of benzene rings is 2. The number of anilines is 2. The largest absolute Gasteiger partial charge is 0.497 e. The Morgan fingerprint density at radius 1 is 1.27 bits per heavy atom. The molecule has 0 radical (unpaired) electrons. The fourth-order valence-corrected chi connectivity index (χ4v) is 2.66. The molecule has 0 spiro atoms. The van der Waals surface area contributed by atoms with Gasteiger partial charge in [0.15, 0.2) is 0 Å². The summed E-state index contributed by atoms with van der Waals surface area (Å²) in [5, 5.41) is 2.85. The van der Waals surface area contributed by atoms with Gasteiger partial charge in [-0.05, 0) is 64.3 Å². The van der Waals surface area contributed by atoms with E-state index in [0.29, 0.717) is 5.69 Å². The van der Waals surface area contributed by atoms with Crippen molar-refractivity contribution in [1.29, 1.82) is 0 Å². The maximum atomic E-state index is 12.0. The zero-order chi connectivity index (χ0) is 16.1. The second-order valence-electron chi connectivity index (χ2n) is 4.79. The average molecular weight is 361 g/mol. The molecule has 0 unspecified atom stereocenters. The first kappa shape index (κ1) is 16.1. The van der Waals surface area contributed by atoms with Crippen LogP contribution in [0.5, 0.6) is 5.75 Å². The molecule has 0 fully saturated rings. The Balaban J connectivity index is 2.08. The summed E-state index contributed by atoms with van der Waals surface area (Å²) in [6.07, 6.45) is 3.24. The van der Waals surface area contributed by atoms with Crippen LogP contribution in [0, 0.1) is 6.92 Å². The molecule has 0 bridgehead atoms. The molecule has 3 N–H and O–H groups in total. The van der Waals surface area contributed by atoms with Crippen LogP contribution in [0.25, 0.3) is 6.08 Å². The average Bonchev–Trinajstić information content (AvgIpc) is 2.49. The smallest absolute Gasteiger partial charge is 0.248 e. The highest BCUT2D eigenvalue weighted by Gasteiger charge is 2.07. The van der Waals surface area contributed by atoms with Crippen LogP contribution in [0.1, 0.15) is 11.1 Å². The van der Waals surface area contributed by atoms with Crippen LogP contribution in [0.4, 0.5) is 11.4 Å². The van der Waals surface area contributed by atoms with Gasteiger partial charge in [0, 0.05) is 16.2 Å². The van der Waals surface area contributed by atoms with E-state index in [1.807, 2.05) is 37.3 Å². The lowest BCUT2D eigenvalue weighted by Gasteiger charge is -2.10. The normalized spacial score (nSPS) is 10.7. The summed E-state index contributed by atoms with van der Waals surface area (Å²) < 4.78 is 5.85. The van der Waals surface area contributed by atoms with Gasteiger partial charge in [0.05, 0.1) is 12.8 Å². The van der Waals surface area contributed by atoms with Crippen molar-refractivity contribution in [3.8, 4) is 5.75 Å². The number of nitrogens with two attached hydrogens (primary N) is 1. The number of aryl methyl sites for hydroxylation is 1. The van der Waals surface area contributed by atoms with E-state index >= 15 is 0 Å². The quantitative estimate of drug-likeness (QED) is 0.639. The van der Waals surface area contributed by atoms with E-state index < -0.39 is 0 Å². The molecule has 2 rings (SSSR count). The fourth-order valence-electron chi connectivity index (χ4n) is 1.98. The molecule has 0 saturated heterocycles. The molecule has 0 aliphatic carbocycles. The number of rotatable bonds is 4. The molecule has 2 aromatic carbocycles. The van der Waals surface area contributed by atoms with Crippen molar-refractivity contribution in [1.82, 2.24) is 0 Å². The lowest BCUT2D eigenvalue weighted by atomic mass is 10.1. The summed E-state index contributed by atoms with van der Waals surface area (Å²) in [7, 11) is 1.62. The van der Waals surface area contributed by atoms with E-state index in [1.165, 1.54) is 6.08 Å². The van der Waals surface area contributed by atoms with Gasteiger partial charge in [0.1, 0.15) is 5.75 Å². The first-order valence-corrected chi connectivity index (χ1v) is 7.47. The number of nitrogens with one attached hydrogen (secondary N) is 1. The van der Waals surface area contributed by atoms with Gasteiger partial charge in [-0.3, -0.25) is 4.79 Å². The Morgan fingerprint density at radius 2 is 1.95 bits per heavy atom. The number of amides is 1. The van der Waals surface area contributed by atoms with E-state index in [9.17, 15) is 4.79 Å². The van der Waals surface area contributed by atoms with Crippen LogP contribution in [-0.2, 0) is 4.79 Å². The third-order valence-electron chi connectivity index (χ3n) is 3.10. The summed E-state index contributed by atoms with van der Waals surface area (Å²) in [5.74, 6) is 0.576. The van der Waals surface area contributed by atoms with E-state index in [4.69, 9.17) is 10.5 Å². The maximum absolute atomic E-state index is 12.0. The predicted molar refractivity (Wildman–Crippen MR) is 93.9 cm³/mol. The standard InChI is InChI=1S/C17H17BrN2O2/c1-11-9-13(19)10-15(18)17(11)20-16(21)8-5-12-3-6-14(22-2)7-4-12/h3-10H,19H2,1-2H3,(H,20,21)/b8-5+.